The van der Waals surface area contributed by atoms with Gasteiger partial charge in [0.2, 0.25) is 5.56 Å². The van der Waals surface area contributed by atoms with Crippen LogP contribution in [0.25, 0.3) is 10.9 Å². The van der Waals surface area contributed by atoms with Crippen LogP contribution in [0.5, 0.6) is 0 Å². The second kappa shape index (κ2) is 12.0. The molecule has 0 aliphatic carbocycles. The van der Waals surface area contributed by atoms with Crippen molar-refractivity contribution in [2.24, 2.45) is 0 Å². The Morgan fingerprint density at radius 2 is 1.89 bits per heavy atom. The van der Waals surface area contributed by atoms with Crippen molar-refractivity contribution in [2.75, 3.05) is 13.2 Å². The number of halogens is 1. The summed E-state index contributed by atoms with van der Waals surface area (Å²) >= 11 is 5.94. The summed E-state index contributed by atoms with van der Waals surface area (Å²) in [7, 11) is 0. The molecule has 0 bridgehead atoms. The van der Waals surface area contributed by atoms with Crippen LogP contribution in [-0.2, 0) is 16.0 Å². The Hall–Kier alpha value is -3.16. The van der Waals surface area contributed by atoms with Gasteiger partial charge in [-0.3, -0.25) is 9.59 Å². The van der Waals surface area contributed by atoms with Crippen LogP contribution in [0.1, 0.15) is 48.0 Å². The van der Waals surface area contributed by atoms with Crippen LogP contribution in [0.4, 0.5) is 0 Å². The van der Waals surface area contributed by atoms with Crippen molar-refractivity contribution in [3.05, 3.63) is 81.1 Å². The molecule has 1 aliphatic rings. The average Bonchev–Trinajstić information content (AvgIpc) is 3.12. The second-order valence-corrected chi connectivity index (χ2v) is 9.33. The van der Waals surface area contributed by atoms with Gasteiger partial charge in [-0.2, -0.15) is 0 Å². The number of hydrogen-bond acceptors (Lipinski definition) is 5. The largest absolute Gasteiger partial charge is 0.464 e. The van der Waals surface area contributed by atoms with E-state index in [4.69, 9.17) is 16.3 Å². The number of ether oxygens (including phenoxy) is 1. The Kier molecular flexibility index (Phi) is 8.55. The minimum Gasteiger partial charge on any atom is -0.464 e. The summed E-state index contributed by atoms with van der Waals surface area (Å²) < 4.78 is 5.62. The number of hydrogen-bond donors (Lipinski definition) is 3. The number of esters is 1. The van der Waals surface area contributed by atoms with Gasteiger partial charge in [0.1, 0.15) is 6.04 Å². The second-order valence-electron chi connectivity index (χ2n) is 8.90. The molecule has 2 unspecified atom stereocenters. The first kappa shape index (κ1) is 24.9. The van der Waals surface area contributed by atoms with E-state index in [1.807, 2.05) is 18.2 Å². The summed E-state index contributed by atoms with van der Waals surface area (Å²) in [4.78, 5) is 41.1. The van der Waals surface area contributed by atoms with Gasteiger partial charge in [0.05, 0.1) is 6.61 Å². The zero-order chi connectivity index (χ0) is 24.6. The lowest BCUT2D eigenvalue weighted by molar-refractivity contribution is -0.146. The summed E-state index contributed by atoms with van der Waals surface area (Å²) in [5.41, 5.74) is 1.44. The molecule has 1 saturated heterocycles. The SMILES string of the molecule is O=C(NC(Cc1cc(=O)[nH]c2ccccc12)C(=O)OCCC1CCCCCN1)c1ccc(Cl)cc1. The maximum Gasteiger partial charge on any atom is 0.328 e. The number of aromatic amines is 1. The number of amides is 1. The number of benzene rings is 2. The minimum atomic E-state index is -0.953. The standard InChI is InChI=1S/C27H30ClN3O4/c28-20-11-9-18(10-12-20)26(33)31-24(27(34)35-15-13-21-6-2-1-5-14-29-21)16-19-17-25(32)30-23-8-4-3-7-22(19)23/h3-4,7-12,17,21,24,29H,1-2,5-6,13-16H2,(H,30,32)(H,31,33). The average molecular weight is 496 g/mol. The molecule has 7 nitrogen and oxygen atoms in total. The zero-order valence-electron chi connectivity index (χ0n) is 19.5. The molecule has 1 aromatic heterocycles. The Bertz CT molecular complexity index is 1220. The number of fused-ring (bicyclic) bond motifs is 1. The Balaban J connectivity index is 1.51. The van der Waals surface area contributed by atoms with Gasteiger partial charge in [0.25, 0.3) is 5.91 Å². The first-order valence-corrected chi connectivity index (χ1v) is 12.4. The normalized spacial score (nSPS) is 16.9. The van der Waals surface area contributed by atoms with E-state index in [-0.39, 0.29) is 18.6 Å². The van der Waals surface area contributed by atoms with E-state index in [0.717, 1.165) is 24.8 Å². The number of para-hydroxylation sites is 1. The quantitative estimate of drug-likeness (QED) is 0.410. The molecule has 0 saturated carbocycles. The van der Waals surface area contributed by atoms with E-state index in [2.05, 4.69) is 15.6 Å². The van der Waals surface area contributed by atoms with Crippen LogP contribution in [0, 0.1) is 0 Å². The predicted molar refractivity (Wildman–Crippen MR) is 137 cm³/mol. The van der Waals surface area contributed by atoms with Gasteiger partial charge in [0, 0.05) is 40.0 Å². The van der Waals surface area contributed by atoms with Gasteiger partial charge < -0.3 is 20.4 Å². The first-order valence-electron chi connectivity index (χ1n) is 12.1. The molecule has 0 radical (unpaired) electrons. The molecule has 2 aromatic carbocycles. The Morgan fingerprint density at radius 3 is 2.71 bits per heavy atom. The molecule has 4 rings (SSSR count). The lowest BCUT2D eigenvalue weighted by atomic mass is 10.0. The molecule has 2 atom stereocenters. The van der Waals surface area contributed by atoms with Crippen LogP contribution in [0.15, 0.2) is 59.4 Å². The number of pyridine rings is 1. The zero-order valence-corrected chi connectivity index (χ0v) is 20.3. The van der Waals surface area contributed by atoms with Gasteiger partial charge >= 0.3 is 5.97 Å². The van der Waals surface area contributed by atoms with E-state index in [1.54, 1.807) is 30.3 Å². The van der Waals surface area contributed by atoms with Crippen LogP contribution < -0.4 is 16.2 Å². The summed E-state index contributed by atoms with van der Waals surface area (Å²) in [5.74, 6) is -0.937. The van der Waals surface area contributed by atoms with E-state index in [1.165, 1.54) is 25.3 Å². The van der Waals surface area contributed by atoms with Crippen LogP contribution in [-0.4, -0.2) is 42.1 Å². The highest BCUT2D eigenvalue weighted by atomic mass is 35.5. The third kappa shape index (κ3) is 6.93. The van der Waals surface area contributed by atoms with E-state index < -0.39 is 17.9 Å². The molecule has 3 aromatic rings. The molecule has 1 fully saturated rings. The lowest BCUT2D eigenvalue weighted by Crippen LogP contribution is -2.44. The minimum absolute atomic E-state index is 0.129. The Morgan fingerprint density at radius 1 is 1.09 bits per heavy atom. The van der Waals surface area contributed by atoms with Crippen molar-refractivity contribution < 1.29 is 14.3 Å². The summed E-state index contributed by atoms with van der Waals surface area (Å²) in [6, 6.07) is 14.6. The van der Waals surface area contributed by atoms with Crippen LogP contribution >= 0.6 is 11.6 Å². The molecular formula is C27H30ClN3O4. The predicted octanol–water partition coefficient (Wildman–Crippen LogP) is 3.99. The molecule has 3 N–H and O–H groups in total. The smallest absolute Gasteiger partial charge is 0.328 e. The number of nitrogens with one attached hydrogen (secondary N) is 3. The van der Waals surface area contributed by atoms with Gasteiger partial charge in [-0.1, -0.05) is 42.6 Å². The highest BCUT2D eigenvalue weighted by Crippen LogP contribution is 2.18. The monoisotopic (exact) mass is 495 g/mol. The fourth-order valence-corrected chi connectivity index (χ4v) is 4.58. The number of rotatable bonds is 8. The third-order valence-electron chi connectivity index (χ3n) is 6.33. The maximum atomic E-state index is 13.1. The number of aromatic nitrogens is 1. The third-order valence-corrected chi connectivity index (χ3v) is 6.58. The number of H-pyrrole nitrogens is 1. The van der Waals surface area contributed by atoms with E-state index >= 15 is 0 Å². The van der Waals surface area contributed by atoms with Crippen LogP contribution in [0.3, 0.4) is 0 Å². The first-order chi connectivity index (χ1) is 17.0. The maximum absolute atomic E-state index is 13.1. The van der Waals surface area contributed by atoms with Crippen LogP contribution in [0.2, 0.25) is 5.02 Å². The molecule has 8 heteroatoms. The molecule has 1 amide bonds. The van der Waals surface area contributed by atoms with Crippen molar-refractivity contribution in [1.82, 2.24) is 15.6 Å². The molecule has 1 aliphatic heterocycles. The Labute approximate surface area is 209 Å². The van der Waals surface area contributed by atoms with Gasteiger partial charge in [-0.05, 0) is 61.7 Å². The highest BCUT2D eigenvalue weighted by molar-refractivity contribution is 6.30. The van der Waals surface area contributed by atoms with Gasteiger partial charge in [0.15, 0.2) is 0 Å². The number of carbonyl (C=O) groups is 2. The summed E-state index contributed by atoms with van der Waals surface area (Å²) in [5, 5.41) is 7.62. The molecular weight excluding hydrogens is 466 g/mol. The topological polar surface area (TPSA) is 100 Å². The fraction of sp³-hybridized carbons (Fsp3) is 0.370. The highest BCUT2D eigenvalue weighted by Gasteiger charge is 2.25. The van der Waals surface area contributed by atoms with E-state index in [0.29, 0.717) is 27.7 Å². The van der Waals surface area contributed by atoms with Crippen molar-refractivity contribution in [3.63, 3.8) is 0 Å². The van der Waals surface area contributed by atoms with Gasteiger partial charge in [-0.25, -0.2) is 4.79 Å². The van der Waals surface area contributed by atoms with Crippen molar-refractivity contribution in [3.8, 4) is 0 Å². The van der Waals surface area contributed by atoms with Gasteiger partial charge in [-0.15, -0.1) is 0 Å². The molecule has 2 heterocycles. The summed E-state index contributed by atoms with van der Waals surface area (Å²) in [6.45, 7) is 1.24. The fourth-order valence-electron chi connectivity index (χ4n) is 4.45. The van der Waals surface area contributed by atoms with Crippen molar-refractivity contribution >= 4 is 34.4 Å². The van der Waals surface area contributed by atoms with E-state index in [9.17, 15) is 14.4 Å². The lowest BCUT2D eigenvalue weighted by Gasteiger charge is -2.20. The molecule has 184 valence electrons. The number of carbonyl (C=O) groups excluding carboxylic acids is 2. The molecule has 35 heavy (non-hydrogen) atoms. The van der Waals surface area contributed by atoms with Crippen molar-refractivity contribution in [1.29, 1.82) is 0 Å². The summed E-state index contributed by atoms with van der Waals surface area (Å²) in [6.07, 6.45) is 5.46. The molecule has 0 spiro atoms. The van der Waals surface area contributed by atoms with Crippen molar-refractivity contribution in [2.45, 2.75) is 50.6 Å².